The van der Waals surface area contributed by atoms with Crippen LogP contribution in [0.2, 0.25) is 5.02 Å². The van der Waals surface area contributed by atoms with Gasteiger partial charge in [0.05, 0.1) is 7.11 Å². The second-order valence-electron chi connectivity index (χ2n) is 5.00. The molecule has 0 aliphatic rings. The number of hydrogen-bond acceptors (Lipinski definition) is 4. The fourth-order valence-electron chi connectivity index (χ4n) is 1.98. The second-order valence-corrected chi connectivity index (χ2v) is 5.43. The van der Waals surface area contributed by atoms with Gasteiger partial charge in [0.15, 0.2) is 18.1 Å². The molecule has 130 valence electrons. The maximum atomic E-state index is 11.9. The van der Waals surface area contributed by atoms with E-state index >= 15 is 0 Å². The lowest BCUT2D eigenvalue weighted by atomic mass is 10.2. The number of rotatable bonds is 7. The summed E-state index contributed by atoms with van der Waals surface area (Å²) in [5, 5.41) is 3.25. The number of nitrogens with one attached hydrogen (secondary N) is 1. The van der Waals surface area contributed by atoms with Crippen molar-refractivity contribution in [1.82, 2.24) is 0 Å². The number of primary amides is 1. The number of halogens is 1. The van der Waals surface area contributed by atoms with Gasteiger partial charge in [0.2, 0.25) is 5.91 Å². The van der Waals surface area contributed by atoms with E-state index in [-0.39, 0.29) is 12.5 Å². The Hall–Kier alpha value is -2.99. The second kappa shape index (κ2) is 8.75. The van der Waals surface area contributed by atoms with E-state index in [1.165, 1.54) is 13.2 Å². The van der Waals surface area contributed by atoms with E-state index in [4.69, 9.17) is 26.8 Å². The van der Waals surface area contributed by atoms with Crippen LogP contribution in [0.25, 0.3) is 6.08 Å². The van der Waals surface area contributed by atoms with Gasteiger partial charge in [-0.2, -0.15) is 0 Å². The maximum Gasteiger partial charge on any atom is 0.255 e. The fraction of sp³-hybridized carbons (Fsp3) is 0.111. The summed E-state index contributed by atoms with van der Waals surface area (Å²) >= 11 is 5.87. The standard InChI is InChI=1S/C18H17ClN2O4/c1-24-16-9-12(5-7-15(16)25-11-17(20)22)6-8-18(23)21-14-4-2-3-13(19)10-14/h2-10H,11H2,1H3,(H2,20,22)(H,21,23)/b8-6+. The highest BCUT2D eigenvalue weighted by Gasteiger charge is 2.06. The number of benzene rings is 2. The first-order chi connectivity index (χ1) is 12.0. The molecule has 6 nitrogen and oxygen atoms in total. The Bertz CT molecular complexity index is 805. The van der Waals surface area contributed by atoms with Crippen molar-refractivity contribution in [3.63, 3.8) is 0 Å². The summed E-state index contributed by atoms with van der Waals surface area (Å²) in [4.78, 5) is 22.7. The van der Waals surface area contributed by atoms with Gasteiger partial charge in [-0.15, -0.1) is 0 Å². The molecule has 0 bridgehead atoms. The van der Waals surface area contributed by atoms with Gasteiger partial charge in [-0.25, -0.2) is 0 Å². The number of hydrogen-bond donors (Lipinski definition) is 2. The van der Waals surface area contributed by atoms with Gasteiger partial charge < -0.3 is 20.5 Å². The van der Waals surface area contributed by atoms with E-state index in [1.807, 2.05) is 0 Å². The largest absolute Gasteiger partial charge is 0.493 e. The van der Waals surface area contributed by atoms with Crippen LogP contribution in [-0.4, -0.2) is 25.5 Å². The number of carbonyl (C=O) groups is 2. The van der Waals surface area contributed by atoms with Crippen LogP contribution in [0, 0.1) is 0 Å². The highest BCUT2D eigenvalue weighted by molar-refractivity contribution is 6.30. The molecule has 2 amide bonds. The van der Waals surface area contributed by atoms with E-state index in [2.05, 4.69) is 5.32 Å². The van der Waals surface area contributed by atoms with Gasteiger partial charge in [0, 0.05) is 16.8 Å². The quantitative estimate of drug-likeness (QED) is 0.743. The maximum absolute atomic E-state index is 11.9. The highest BCUT2D eigenvalue weighted by atomic mass is 35.5. The van der Waals surface area contributed by atoms with Crippen LogP contribution in [-0.2, 0) is 9.59 Å². The first-order valence-electron chi connectivity index (χ1n) is 7.31. The van der Waals surface area contributed by atoms with E-state index in [1.54, 1.807) is 48.5 Å². The molecule has 0 aliphatic carbocycles. The number of nitrogens with two attached hydrogens (primary N) is 1. The molecule has 3 N–H and O–H groups in total. The summed E-state index contributed by atoms with van der Waals surface area (Å²) in [5.74, 6) is -0.0560. The summed E-state index contributed by atoms with van der Waals surface area (Å²) in [6, 6.07) is 11.9. The van der Waals surface area contributed by atoms with Crippen LogP contribution in [0.1, 0.15) is 5.56 Å². The van der Waals surface area contributed by atoms with Gasteiger partial charge in [-0.05, 0) is 42.0 Å². The molecule has 2 rings (SSSR count). The topological polar surface area (TPSA) is 90.7 Å². The Labute approximate surface area is 150 Å². The summed E-state index contributed by atoms with van der Waals surface area (Å²) in [5.41, 5.74) is 6.38. The molecule has 0 aromatic heterocycles. The number of anilines is 1. The predicted molar refractivity (Wildman–Crippen MR) is 96.8 cm³/mol. The molecule has 0 radical (unpaired) electrons. The van der Waals surface area contributed by atoms with E-state index in [9.17, 15) is 9.59 Å². The summed E-state index contributed by atoms with van der Waals surface area (Å²) in [7, 11) is 1.48. The third kappa shape index (κ3) is 5.86. The Morgan fingerprint density at radius 3 is 2.68 bits per heavy atom. The number of amides is 2. The number of carbonyl (C=O) groups excluding carboxylic acids is 2. The lowest BCUT2D eigenvalue weighted by molar-refractivity contribution is -0.120. The van der Waals surface area contributed by atoms with Crippen molar-refractivity contribution in [2.45, 2.75) is 0 Å². The van der Waals surface area contributed by atoms with Crippen molar-refractivity contribution in [2.24, 2.45) is 5.73 Å². The number of methoxy groups -OCH3 is 1. The van der Waals surface area contributed by atoms with Crippen molar-refractivity contribution >= 4 is 35.2 Å². The summed E-state index contributed by atoms with van der Waals surface area (Å²) < 4.78 is 10.5. The summed E-state index contributed by atoms with van der Waals surface area (Å²) in [6.07, 6.45) is 3.01. The molecular formula is C18H17ClN2O4. The predicted octanol–water partition coefficient (Wildman–Crippen LogP) is 2.86. The van der Waals surface area contributed by atoms with Crippen LogP contribution in [0.4, 0.5) is 5.69 Å². The molecule has 0 fully saturated rings. The monoisotopic (exact) mass is 360 g/mol. The molecule has 0 saturated heterocycles. The van der Waals surface area contributed by atoms with Gasteiger partial charge in [0.25, 0.3) is 5.91 Å². The fourth-order valence-corrected chi connectivity index (χ4v) is 2.17. The first-order valence-corrected chi connectivity index (χ1v) is 7.69. The Balaban J connectivity index is 2.04. The Morgan fingerprint density at radius 1 is 1.20 bits per heavy atom. The van der Waals surface area contributed by atoms with Crippen molar-refractivity contribution in [3.8, 4) is 11.5 Å². The normalized spacial score (nSPS) is 10.5. The SMILES string of the molecule is COc1cc(/C=C/C(=O)Nc2cccc(Cl)c2)ccc1OCC(N)=O. The molecule has 7 heteroatoms. The summed E-state index contributed by atoms with van der Waals surface area (Å²) in [6.45, 7) is -0.242. The van der Waals surface area contributed by atoms with Crippen LogP contribution < -0.4 is 20.5 Å². The minimum atomic E-state index is -0.580. The van der Waals surface area contributed by atoms with Crippen LogP contribution in [0.5, 0.6) is 11.5 Å². The Kier molecular flexibility index (Phi) is 6.42. The van der Waals surface area contributed by atoms with E-state index in [0.29, 0.717) is 22.2 Å². The van der Waals surface area contributed by atoms with Gasteiger partial charge in [0.1, 0.15) is 0 Å². The van der Waals surface area contributed by atoms with Crippen LogP contribution in [0.15, 0.2) is 48.5 Å². The van der Waals surface area contributed by atoms with Crippen molar-refractivity contribution < 1.29 is 19.1 Å². The number of ether oxygens (including phenoxy) is 2. The zero-order valence-corrected chi connectivity index (χ0v) is 14.2. The molecule has 0 aliphatic heterocycles. The third-order valence-corrected chi connectivity index (χ3v) is 3.31. The lowest BCUT2D eigenvalue weighted by Gasteiger charge is -2.10. The van der Waals surface area contributed by atoms with Gasteiger partial charge in [-0.3, -0.25) is 9.59 Å². The molecular weight excluding hydrogens is 344 g/mol. The molecule has 0 heterocycles. The molecule has 0 saturated carbocycles. The van der Waals surface area contributed by atoms with Gasteiger partial charge >= 0.3 is 0 Å². The van der Waals surface area contributed by atoms with Gasteiger partial charge in [-0.1, -0.05) is 23.7 Å². The van der Waals surface area contributed by atoms with Crippen LogP contribution in [0.3, 0.4) is 0 Å². The minimum absolute atomic E-state index is 0.242. The first kappa shape index (κ1) is 18.4. The van der Waals surface area contributed by atoms with Crippen molar-refractivity contribution in [3.05, 3.63) is 59.1 Å². The molecule has 0 unspecified atom stereocenters. The molecule has 25 heavy (non-hydrogen) atoms. The zero-order chi connectivity index (χ0) is 18.2. The van der Waals surface area contributed by atoms with Crippen LogP contribution >= 0.6 is 11.6 Å². The third-order valence-electron chi connectivity index (χ3n) is 3.08. The van der Waals surface area contributed by atoms with Crippen molar-refractivity contribution in [1.29, 1.82) is 0 Å². The molecule has 2 aromatic rings. The molecule has 2 aromatic carbocycles. The zero-order valence-electron chi connectivity index (χ0n) is 13.5. The minimum Gasteiger partial charge on any atom is -0.493 e. The average molecular weight is 361 g/mol. The highest BCUT2D eigenvalue weighted by Crippen LogP contribution is 2.28. The molecule has 0 atom stereocenters. The van der Waals surface area contributed by atoms with Crippen molar-refractivity contribution in [2.75, 3.05) is 19.0 Å². The average Bonchev–Trinajstić information content (AvgIpc) is 2.58. The smallest absolute Gasteiger partial charge is 0.255 e. The van der Waals surface area contributed by atoms with E-state index in [0.717, 1.165) is 5.56 Å². The van der Waals surface area contributed by atoms with E-state index < -0.39 is 5.91 Å². The lowest BCUT2D eigenvalue weighted by Crippen LogP contribution is -2.20. The molecule has 0 spiro atoms. The Morgan fingerprint density at radius 2 is 2.00 bits per heavy atom.